The monoisotopic (exact) mass is 511 g/mol. The van der Waals surface area contributed by atoms with Crippen LogP contribution in [-0.4, -0.2) is 35.0 Å². The van der Waals surface area contributed by atoms with Crippen LogP contribution in [0.4, 0.5) is 18.9 Å². The number of hydrogen-bond acceptors (Lipinski definition) is 5. The van der Waals surface area contributed by atoms with Crippen LogP contribution in [0.3, 0.4) is 0 Å². The Hall–Kier alpha value is -4.01. The largest absolute Gasteiger partial charge is 0.497 e. The van der Waals surface area contributed by atoms with Crippen LogP contribution >= 0.6 is 0 Å². The fraction of sp³-hybridized carbons (Fsp3) is 0.286. The average Bonchev–Trinajstić information content (AvgIpc) is 3.27. The van der Waals surface area contributed by atoms with Gasteiger partial charge in [-0.15, -0.1) is 0 Å². The number of benzene rings is 2. The molecule has 2 aromatic carbocycles. The van der Waals surface area contributed by atoms with Crippen molar-refractivity contribution >= 4 is 17.1 Å². The number of Topliss-reactive ketones (excluding diaryl/α,β-unsaturated/α-hetero) is 1. The number of nitrogens with zero attached hydrogens (tertiary/aromatic N) is 2. The van der Waals surface area contributed by atoms with E-state index in [9.17, 15) is 18.0 Å². The predicted molar refractivity (Wildman–Crippen MR) is 137 cm³/mol. The SMILES string of the molecule is CCCC(=O)c1ccc(-c2cnc3c(NCCC(F)(F)F)cc(Oc4cccc(OC)c4)cn23)cc1C. The summed E-state index contributed by atoms with van der Waals surface area (Å²) in [5.41, 5.74) is 3.91. The number of nitrogens with one attached hydrogen (secondary N) is 1. The van der Waals surface area contributed by atoms with Crippen LogP contribution in [0.2, 0.25) is 0 Å². The number of hydrogen-bond donors (Lipinski definition) is 1. The molecule has 2 heterocycles. The Morgan fingerprint density at radius 3 is 2.57 bits per heavy atom. The molecule has 0 aliphatic heterocycles. The molecule has 0 saturated carbocycles. The maximum atomic E-state index is 12.8. The second kappa shape index (κ2) is 10.9. The number of halogens is 3. The van der Waals surface area contributed by atoms with Gasteiger partial charge < -0.3 is 14.8 Å². The molecule has 0 radical (unpaired) electrons. The zero-order valence-electron chi connectivity index (χ0n) is 20.9. The van der Waals surface area contributed by atoms with Crippen molar-refractivity contribution in [3.8, 4) is 28.5 Å². The normalized spacial score (nSPS) is 11.5. The van der Waals surface area contributed by atoms with E-state index in [0.717, 1.165) is 17.5 Å². The van der Waals surface area contributed by atoms with Crippen molar-refractivity contribution in [2.24, 2.45) is 0 Å². The molecule has 194 valence electrons. The minimum absolute atomic E-state index is 0.0924. The Balaban J connectivity index is 1.75. The predicted octanol–water partition coefficient (Wildman–Crippen LogP) is 7.46. The quantitative estimate of drug-likeness (QED) is 0.224. The van der Waals surface area contributed by atoms with Crippen molar-refractivity contribution in [1.82, 2.24) is 9.38 Å². The van der Waals surface area contributed by atoms with Gasteiger partial charge in [0.2, 0.25) is 0 Å². The third kappa shape index (κ3) is 6.22. The molecule has 0 aliphatic carbocycles. The molecular formula is C28H28F3N3O3. The molecule has 0 spiro atoms. The van der Waals surface area contributed by atoms with Crippen LogP contribution in [-0.2, 0) is 0 Å². The summed E-state index contributed by atoms with van der Waals surface area (Å²) in [5, 5.41) is 2.85. The molecule has 4 aromatic rings. The number of anilines is 1. The number of aromatic nitrogens is 2. The van der Waals surface area contributed by atoms with Gasteiger partial charge in [0.25, 0.3) is 0 Å². The smallest absolute Gasteiger partial charge is 0.390 e. The summed E-state index contributed by atoms with van der Waals surface area (Å²) in [6.07, 6.45) is -0.631. The molecular weight excluding hydrogens is 483 g/mol. The van der Waals surface area contributed by atoms with Crippen molar-refractivity contribution in [2.45, 2.75) is 39.3 Å². The van der Waals surface area contributed by atoms with E-state index in [-0.39, 0.29) is 12.3 Å². The van der Waals surface area contributed by atoms with Gasteiger partial charge in [0.15, 0.2) is 11.4 Å². The van der Waals surface area contributed by atoms with Gasteiger partial charge in [0.05, 0.1) is 37.3 Å². The topological polar surface area (TPSA) is 64.9 Å². The summed E-state index contributed by atoms with van der Waals surface area (Å²) in [5.74, 6) is 1.62. The van der Waals surface area contributed by atoms with Gasteiger partial charge in [-0.2, -0.15) is 13.2 Å². The van der Waals surface area contributed by atoms with E-state index in [1.807, 2.05) is 26.0 Å². The molecule has 4 rings (SSSR count). The molecule has 0 amide bonds. The highest BCUT2D eigenvalue weighted by Crippen LogP contribution is 2.33. The first-order valence-corrected chi connectivity index (χ1v) is 12.0. The minimum atomic E-state index is -4.28. The fourth-order valence-corrected chi connectivity index (χ4v) is 4.10. The highest BCUT2D eigenvalue weighted by Gasteiger charge is 2.26. The maximum absolute atomic E-state index is 12.8. The average molecular weight is 512 g/mol. The number of methoxy groups -OCH3 is 1. The van der Waals surface area contributed by atoms with Crippen molar-refractivity contribution in [2.75, 3.05) is 19.0 Å². The van der Waals surface area contributed by atoms with Gasteiger partial charge in [-0.3, -0.25) is 9.20 Å². The lowest BCUT2D eigenvalue weighted by Gasteiger charge is -2.14. The highest BCUT2D eigenvalue weighted by atomic mass is 19.4. The number of ether oxygens (including phenoxy) is 2. The maximum Gasteiger partial charge on any atom is 0.390 e. The Morgan fingerprint density at radius 1 is 1.08 bits per heavy atom. The first-order chi connectivity index (χ1) is 17.7. The van der Waals surface area contributed by atoms with Crippen molar-refractivity contribution in [1.29, 1.82) is 0 Å². The van der Waals surface area contributed by atoms with Crippen molar-refractivity contribution in [3.63, 3.8) is 0 Å². The first-order valence-electron chi connectivity index (χ1n) is 12.0. The van der Waals surface area contributed by atoms with Gasteiger partial charge in [-0.05, 0) is 37.1 Å². The fourth-order valence-electron chi connectivity index (χ4n) is 4.10. The van der Waals surface area contributed by atoms with E-state index in [0.29, 0.717) is 46.3 Å². The zero-order chi connectivity index (χ0) is 26.6. The molecule has 2 aromatic heterocycles. The number of carbonyl (C=O) groups is 1. The second-order valence-electron chi connectivity index (χ2n) is 8.70. The van der Waals surface area contributed by atoms with Gasteiger partial charge in [0, 0.05) is 36.2 Å². The number of fused-ring (bicyclic) bond motifs is 1. The molecule has 0 atom stereocenters. The van der Waals surface area contributed by atoms with E-state index in [4.69, 9.17) is 9.47 Å². The highest BCUT2D eigenvalue weighted by molar-refractivity contribution is 5.98. The van der Waals surface area contributed by atoms with Crippen molar-refractivity contribution < 1.29 is 27.4 Å². The zero-order valence-corrected chi connectivity index (χ0v) is 20.9. The third-order valence-electron chi connectivity index (χ3n) is 5.88. The van der Waals surface area contributed by atoms with Crippen LogP contribution < -0.4 is 14.8 Å². The number of rotatable bonds is 10. The molecule has 0 bridgehead atoms. The minimum Gasteiger partial charge on any atom is -0.497 e. The van der Waals surface area contributed by atoms with E-state index in [1.54, 1.807) is 60.3 Å². The van der Waals surface area contributed by atoms with Crippen LogP contribution in [0.15, 0.2) is 60.9 Å². The molecule has 1 N–H and O–H groups in total. The van der Waals surface area contributed by atoms with Gasteiger partial charge >= 0.3 is 6.18 Å². The third-order valence-corrected chi connectivity index (χ3v) is 5.88. The van der Waals surface area contributed by atoms with Gasteiger partial charge in [-0.25, -0.2) is 4.98 Å². The molecule has 0 unspecified atom stereocenters. The van der Waals surface area contributed by atoms with Crippen molar-refractivity contribution in [3.05, 3.63) is 72.1 Å². The second-order valence-corrected chi connectivity index (χ2v) is 8.70. The standard InChI is InChI=1S/C28H28F3N3O3/c1-4-6-26(35)23-10-9-19(13-18(23)2)25-16-33-27-24(32-12-11-28(29,30)31)15-22(17-34(25)27)37-21-8-5-7-20(14-21)36-3/h5,7-10,13-17,32H,4,6,11-12H2,1-3H3. The Labute approximate surface area is 213 Å². The first kappa shape index (κ1) is 26.1. The van der Waals surface area contributed by atoms with E-state index in [1.165, 1.54) is 0 Å². The number of carbonyl (C=O) groups excluding carboxylic acids is 1. The molecule has 37 heavy (non-hydrogen) atoms. The van der Waals surface area contributed by atoms with Crippen LogP contribution in [0.25, 0.3) is 16.9 Å². The molecule has 9 heteroatoms. The molecule has 0 aliphatic rings. The molecule has 6 nitrogen and oxygen atoms in total. The summed E-state index contributed by atoms with van der Waals surface area (Å²) < 4.78 is 51.4. The summed E-state index contributed by atoms with van der Waals surface area (Å²) in [6, 6.07) is 14.2. The Morgan fingerprint density at radius 2 is 1.86 bits per heavy atom. The number of alkyl halides is 3. The number of ketones is 1. The summed E-state index contributed by atoms with van der Waals surface area (Å²) >= 11 is 0. The molecule has 0 fully saturated rings. The summed E-state index contributed by atoms with van der Waals surface area (Å²) in [4.78, 5) is 16.9. The van der Waals surface area contributed by atoms with Crippen LogP contribution in [0.1, 0.15) is 42.1 Å². The van der Waals surface area contributed by atoms with Crippen LogP contribution in [0, 0.1) is 6.92 Å². The number of aryl methyl sites for hydroxylation is 1. The Bertz CT molecular complexity index is 1410. The molecule has 0 saturated heterocycles. The van der Waals surface area contributed by atoms with Crippen LogP contribution in [0.5, 0.6) is 17.2 Å². The Kier molecular flexibility index (Phi) is 7.71. The van der Waals surface area contributed by atoms with E-state index < -0.39 is 12.6 Å². The summed E-state index contributed by atoms with van der Waals surface area (Å²) in [7, 11) is 1.55. The number of pyridine rings is 1. The summed E-state index contributed by atoms with van der Waals surface area (Å²) in [6.45, 7) is 3.54. The number of imidazole rings is 1. The van der Waals surface area contributed by atoms with Gasteiger partial charge in [-0.1, -0.05) is 25.1 Å². The lowest BCUT2D eigenvalue weighted by molar-refractivity contribution is -0.131. The van der Waals surface area contributed by atoms with E-state index >= 15 is 0 Å². The van der Waals surface area contributed by atoms with Gasteiger partial charge in [0.1, 0.15) is 17.2 Å². The lowest BCUT2D eigenvalue weighted by Crippen LogP contribution is -2.15. The van der Waals surface area contributed by atoms with E-state index in [2.05, 4.69) is 10.3 Å². The lowest BCUT2D eigenvalue weighted by atomic mass is 9.98.